The van der Waals surface area contributed by atoms with Crippen LogP contribution in [0.5, 0.6) is 0 Å². The van der Waals surface area contributed by atoms with Gasteiger partial charge in [-0.3, -0.25) is 9.67 Å². The van der Waals surface area contributed by atoms with E-state index in [4.69, 9.17) is 0 Å². The largest absolute Gasteiger partial charge is 0.367 e. The van der Waals surface area contributed by atoms with Crippen LogP contribution in [0.15, 0.2) is 30.9 Å². The number of aryl methyl sites for hydroxylation is 2. The van der Waals surface area contributed by atoms with E-state index >= 15 is 0 Å². The van der Waals surface area contributed by atoms with Gasteiger partial charge in [-0.2, -0.15) is 5.10 Å². The Bertz CT molecular complexity index is 713. The van der Waals surface area contributed by atoms with Crippen molar-refractivity contribution < 1.29 is 4.79 Å². The quantitative estimate of drug-likeness (QED) is 0.866. The fraction of sp³-hybridized carbons (Fsp3) is 0.500. The van der Waals surface area contributed by atoms with Crippen LogP contribution in [0.25, 0.3) is 0 Å². The third-order valence-corrected chi connectivity index (χ3v) is 4.63. The minimum absolute atomic E-state index is 0.0928. The maximum absolute atomic E-state index is 12.2. The summed E-state index contributed by atoms with van der Waals surface area (Å²) in [4.78, 5) is 18.5. The zero-order valence-electron chi connectivity index (χ0n) is 14.9. The van der Waals surface area contributed by atoms with Crippen LogP contribution in [0.4, 0.5) is 10.5 Å². The van der Waals surface area contributed by atoms with Crippen molar-refractivity contribution in [3.05, 3.63) is 42.0 Å². The van der Waals surface area contributed by atoms with Crippen LogP contribution in [0, 0.1) is 6.92 Å². The van der Waals surface area contributed by atoms with Gasteiger partial charge in [-0.05, 0) is 43.4 Å². The van der Waals surface area contributed by atoms with Crippen LogP contribution in [0.2, 0.25) is 0 Å². The van der Waals surface area contributed by atoms with E-state index in [1.54, 1.807) is 10.9 Å². The number of aromatic nitrogens is 3. The van der Waals surface area contributed by atoms with E-state index in [2.05, 4.69) is 25.6 Å². The van der Waals surface area contributed by atoms with Crippen LogP contribution in [-0.4, -0.2) is 46.5 Å². The molecular weight excluding hydrogens is 316 g/mol. The highest BCUT2D eigenvalue weighted by atomic mass is 16.2. The van der Waals surface area contributed by atoms with Gasteiger partial charge in [0.1, 0.15) is 0 Å². The number of nitrogens with one attached hydrogen (secondary N) is 2. The van der Waals surface area contributed by atoms with Gasteiger partial charge in [0.05, 0.1) is 11.9 Å². The molecule has 0 aromatic carbocycles. The monoisotopic (exact) mass is 342 g/mol. The number of hydrogen-bond acceptors (Lipinski definition) is 4. The molecule has 0 radical (unpaired) electrons. The molecule has 0 unspecified atom stereocenters. The first-order valence-electron chi connectivity index (χ1n) is 8.79. The standard InChI is InChI=1S/C18H26N6O/c1-14-10-19-7-5-15(14)6-8-20-18(25)22-16-4-3-9-24(12-16)17-11-21-23(2)13-17/h5,7,10-11,13,16H,3-4,6,8-9,12H2,1-2H3,(H2,20,22,25)/t16-/m0/s1. The van der Waals surface area contributed by atoms with Crippen molar-refractivity contribution in [2.45, 2.75) is 32.2 Å². The number of nitrogens with zero attached hydrogens (tertiary/aromatic N) is 4. The van der Waals surface area contributed by atoms with Gasteiger partial charge in [0, 0.05) is 51.3 Å². The Morgan fingerprint density at radius 2 is 2.28 bits per heavy atom. The molecule has 0 aliphatic carbocycles. The van der Waals surface area contributed by atoms with Gasteiger partial charge < -0.3 is 15.5 Å². The number of pyridine rings is 1. The molecule has 2 aromatic heterocycles. The van der Waals surface area contributed by atoms with Crippen LogP contribution in [0.3, 0.4) is 0 Å². The number of carbonyl (C=O) groups excluding carboxylic acids is 1. The lowest BCUT2D eigenvalue weighted by molar-refractivity contribution is 0.235. The van der Waals surface area contributed by atoms with E-state index in [9.17, 15) is 4.79 Å². The summed E-state index contributed by atoms with van der Waals surface area (Å²) < 4.78 is 1.81. The molecule has 1 saturated heterocycles. The second-order valence-electron chi connectivity index (χ2n) is 6.61. The zero-order chi connectivity index (χ0) is 17.6. The molecule has 2 amide bonds. The Morgan fingerprint density at radius 1 is 1.40 bits per heavy atom. The minimum Gasteiger partial charge on any atom is -0.367 e. The Hall–Kier alpha value is -2.57. The normalized spacial score (nSPS) is 17.4. The highest BCUT2D eigenvalue weighted by molar-refractivity contribution is 5.74. The van der Waals surface area contributed by atoms with E-state index in [0.717, 1.165) is 43.6 Å². The molecule has 134 valence electrons. The highest BCUT2D eigenvalue weighted by Gasteiger charge is 2.22. The molecule has 7 nitrogen and oxygen atoms in total. The van der Waals surface area contributed by atoms with E-state index in [1.807, 2.05) is 38.6 Å². The van der Waals surface area contributed by atoms with Gasteiger partial charge in [0.25, 0.3) is 0 Å². The summed E-state index contributed by atoms with van der Waals surface area (Å²) in [7, 11) is 1.92. The number of piperidine rings is 1. The smallest absolute Gasteiger partial charge is 0.315 e. The molecule has 1 aliphatic heterocycles. The van der Waals surface area contributed by atoms with E-state index < -0.39 is 0 Å². The zero-order valence-corrected chi connectivity index (χ0v) is 14.9. The molecular formula is C18H26N6O. The van der Waals surface area contributed by atoms with E-state index in [0.29, 0.717) is 6.54 Å². The van der Waals surface area contributed by atoms with Crippen LogP contribution >= 0.6 is 0 Å². The molecule has 25 heavy (non-hydrogen) atoms. The van der Waals surface area contributed by atoms with Crippen LogP contribution in [0.1, 0.15) is 24.0 Å². The SMILES string of the molecule is Cc1cnccc1CCNC(=O)N[C@H]1CCCN(c2cnn(C)c2)C1. The van der Waals surface area contributed by atoms with Gasteiger partial charge in [-0.25, -0.2) is 4.79 Å². The Morgan fingerprint density at radius 3 is 3.04 bits per heavy atom. The number of rotatable bonds is 5. The van der Waals surface area contributed by atoms with Crippen molar-refractivity contribution in [2.24, 2.45) is 7.05 Å². The van der Waals surface area contributed by atoms with Crippen molar-refractivity contribution >= 4 is 11.7 Å². The Labute approximate surface area is 148 Å². The number of anilines is 1. The molecule has 0 saturated carbocycles. The number of hydrogen-bond donors (Lipinski definition) is 2. The summed E-state index contributed by atoms with van der Waals surface area (Å²) in [5.41, 5.74) is 3.49. The van der Waals surface area contributed by atoms with Gasteiger partial charge >= 0.3 is 6.03 Å². The predicted molar refractivity (Wildman–Crippen MR) is 97.7 cm³/mol. The summed E-state index contributed by atoms with van der Waals surface area (Å²) in [6.45, 7) is 4.49. The minimum atomic E-state index is -0.0928. The third kappa shape index (κ3) is 4.71. The first-order valence-corrected chi connectivity index (χ1v) is 8.79. The first-order chi connectivity index (χ1) is 12.1. The molecule has 1 atom stereocenters. The van der Waals surface area contributed by atoms with Crippen molar-refractivity contribution in [3.8, 4) is 0 Å². The second-order valence-corrected chi connectivity index (χ2v) is 6.61. The molecule has 1 fully saturated rings. The predicted octanol–water partition coefficient (Wildman–Crippen LogP) is 1.63. The lowest BCUT2D eigenvalue weighted by Crippen LogP contribution is -2.50. The number of urea groups is 1. The lowest BCUT2D eigenvalue weighted by Gasteiger charge is -2.33. The third-order valence-electron chi connectivity index (χ3n) is 4.63. The molecule has 2 aromatic rings. The van der Waals surface area contributed by atoms with Crippen LogP contribution < -0.4 is 15.5 Å². The van der Waals surface area contributed by atoms with Crippen molar-refractivity contribution in [2.75, 3.05) is 24.5 Å². The molecule has 7 heteroatoms. The summed E-state index contributed by atoms with van der Waals surface area (Å²) in [6.07, 6.45) is 10.4. The maximum Gasteiger partial charge on any atom is 0.315 e. The molecule has 1 aliphatic rings. The van der Waals surface area contributed by atoms with E-state index in [1.165, 1.54) is 5.56 Å². The molecule has 3 rings (SSSR count). The summed E-state index contributed by atoms with van der Waals surface area (Å²) in [5.74, 6) is 0. The lowest BCUT2D eigenvalue weighted by atomic mass is 10.1. The second kappa shape index (κ2) is 8.00. The van der Waals surface area contributed by atoms with Gasteiger partial charge in [-0.15, -0.1) is 0 Å². The fourth-order valence-electron chi connectivity index (χ4n) is 3.23. The van der Waals surface area contributed by atoms with Crippen molar-refractivity contribution in [1.29, 1.82) is 0 Å². The summed E-state index contributed by atoms with van der Waals surface area (Å²) in [6, 6.07) is 2.07. The van der Waals surface area contributed by atoms with Crippen LogP contribution in [-0.2, 0) is 13.5 Å². The van der Waals surface area contributed by atoms with Gasteiger partial charge in [0.2, 0.25) is 0 Å². The summed E-state index contributed by atoms with van der Waals surface area (Å²) >= 11 is 0. The molecule has 3 heterocycles. The topological polar surface area (TPSA) is 75.1 Å². The highest BCUT2D eigenvalue weighted by Crippen LogP contribution is 2.18. The van der Waals surface area contributed by atoms with E-state index in [-0.39, 0.29) is 12.1 Å². The molecule has 2 N–H and O–H groups in total. The first kappa shape index (κ1) is 17.3. The maximum atomic E-state index is 12.2. The van der Waals surface area contributed by atoms with Crippen molar-refractivity contribution in [1.82, 2.24) is 25.4 Å². The average molecular weight is 342 g/mol. The Kier molecular flexibility index (Phi) is 5.53. The molecule has 0 spiro atoms. The van der Waals surface area contributed by atoms with Gasteiger partial charge in [-0.1, -0.05) is 0 Å². The van der Waals surface area contributed by atoms with Gasteiger partial charge in [0.15, 0.2) is 0 Å². The summed E-state index contributed by atoms with van der Waals surface area (Å²) in [5, 5.41) is 10.3. The fourth-order valence-corrected chi connectivity index (χ4v) is 3.23. The van der Waals surface area contributed by atoms with Crippen molar-refractivity contribution in [3.63, 3.8) is 0 Å². The Balaban J connectivity index is 1.43. The number of amides is 2. The number of carbonyl (C=O) groups is 1. The average Bonchev–Trinajstić information content (AvgIpc) is 3.03. The molecule has 0 bridgehead atoms.